The summed E-state index contributed by atoms with van der Waals surface area (Å²) in [6.07, 6.45) is 3.88. The van der Waals surface area contributed by atoms with Gasteiger partial charge in [-0.3, -0.25) is 9.69 Å². The lowest BCUT2D eigenvalue weighted by molar-refractivity contribution is -0.145. The summed E-state index contributed by atoms with van der Waals surface area (Å²) in [7, 11) is 0. The number of para-hydroxylation sites is 1. The Hall–Kier alpha value is -2.90. The Bertz CT molecular complexity index is 1050. The number of hydrogen-bond acceptors (Lipinski definition) is 5. The predicted molar refractivity (Wildman–Crippen MR) is 117 cm³/mol. The molecule has 2 aromatic carbocycles. The van der Waals surface area contributed by atoms with Crippen molar-refractivity contribution in [3.8, 4) is 5.75 Å². The molecule has 0 aliphatic carbocycles. The van der Waals surface area contributed by atoms with Gasteiger partial charge in [-0.1, -0.05) is 72.5 Å². The van der Waals surface area contributed by atoms with Crippen LogP contribution in [-0.4, -0.2) is 38.9 Å². The van der Waals surface area contributed by atoms with Crippen LogP contribution in [0.3, 0.4) is 0 Å². The number of thioether (sulfide) groups is 1. The molecule has 0 radical (unpaired) electrons. The number of rotatable bonds is 5. The zero-order chi connectivity index (χ0) is 20.4. The van der Waals surface area contributed by atoms with Crippen molar-refractivity contribution in [1.29, 1.82) is 0 Å². The summed E-state index contributed by atoms with van der Waals surface area (Å²) in [4.78, 5) is 26.5. The standard InChI is InChI=1S/C22H17NO4S2/c24-20-19(12-15-10-16-8-4-5-9-18(16)27-13-15)29-22(28)23(20)17(21(25)26)11-14-6-2-1-3-7-14/h1-10,12,17H,11,13H2,(H,25,26)/b19-12+/t17-/m0/s1. The third-order valence-electron chi connectivity index (χ3n) is 4.66. The maximum atomic E-state index is 13.0. The fraction of sp³-hybridized carbons (Fsp3) is 0.136. The molecular formula is C22H17NO4S2. The van der Waals surface area contributed by atoms with Crippen molar-refractivity contribution in [2.45, 2.75) is 12.5 Å². The van der Waals surface area contributed by atoms with Gasteiger partial charge in [-0.2, -0.15) is 0 Å². The lowest BCUT2D eigenvalue weighted by atomic mass is 10.0. The number of carbonyl (C=O) groups is 2. The van der Waals surface area contributed by atoms with Crippen LogP contribution in [0.5, 0.6) is 5.75 Å². The number of ether oxygens (including phenoxy) is 1. The van der Waals surface area contributed by atoms with E-state index in [9.17, 15) is 14.7 Å². The first-order valence-electron chi connectivity index (χ1n) is 8.99. The monoisotopic (exact) mass is 423 g/mol. The van der Waals surface area contributed by atoms with E-state index >= 15 is 0 Å². The van der Waals surface area contributed by atoms with Gasteiger partial charge in [0.15, 0.2) is 0 Å². The Balaban J connectivity index is 1.59. The summed E-state index contributed by atoms with van der Waals surface area (Å²) in [5.41, 5.74) is 2.60. The summed E-state index contributed by atoms with van der Waals surface area (Å²) in [5, 5.41) is 9.73. The van der Waals surface area contributed by atoms with E-state index in [1.807, 2.05) is 60.7 Å². The van der Waals surface area contributed by atoms with Crippen LogP contribution in [0.25, 0.3) is 6.08 Å². The van der Waals surface area contributed by atoms with Crippen LogP contribution in [0.15, 0.2) is 71.2 Å². The van der Waals surface area contributed by atoms with Crippen molar-refractivity contribution < 1.29 is 19.4 Å². The molecule has 0 saturated carbocycles. The average Bonchev–Trinajstić information content (AvgIpc) is 2.99. The van der Waals surface area contributed by atoms with E-state index in [0.717, 1.165) is 34.2 Å². The van der Waals surface area contributed by atoms with Gasteiger partial charge < -0.3 is 9.84 Å². The van der Waals surface area contributed by atoms with Gasteiger partial charge in [-0.25, -0.2) is 4.79 Å². The van der Waals surface area contributed by atoms with Crippen LogP contribution in [0.2, 0.25) is 0 Å². The highest BCUT2D eigenvalue weighted by Crippen LogP contribution is 2.35. The highest BCUT2D eigenvalue weighted by atomic mass is 32.2. The van der Waals surface area contributed by atoms with Gasteiger partial charge in [0.25, 0.3) is 5.91 Å². The number of carbonyl (C=O) groups excluding carboxylic acids is 1. The summed E-state index contributed by atoms with van der Waals surface area (Å²) < 4.78 is 5.98. The molecule has 2 aliphatic heterocycles. The van der Waals surface area contributed by atoms with Crippen molar-refractivity contribution in [1.82, 2.24) is 4.90 Å². The lowest BCUT2D eigenvalue weighted by Gasteiger charge is -2.23. The van der Waals surface area contributed by atoms with Crippen LogP contribution >= 0.6 is 24.0 Å². The van der Waals surface area contributed by atoms with Crippen molar-refractivity contribution in [3.63, 3.8) is 0 Å². The number of fused-ring (bicyclic) bond motifs is 1. The van der Waals surface area contributed by atoms with Crippen molar-refractivity contribution in [2.24, 2.45) is 0 Å². The summed E-state index contributed by atoms with van der Waals surface area (Å²) in [5.74, 6) is -0.672. The largest absolute Gasteiger partial charge is 0.488 e. The molecule has 29 heavy (non-hydrogen) atoms. The summed E-state index contributed by atoms with van der Waals surface area (Å²) in [6, 6.07) is 15.8. The Labute approximate surface area is 177 Å². The fourth-order valence-electron chi connectivity index (χ4n) is 3.26. The highest BCUT2D eigenvalue weighted by molar-refractivity contribution is 8.26. The molecule has 1 amide bonds. The van der Waals surface area contributed by atoms with Crippen LogP contribution in [0.4, 0.5) is 0 Å². The minimum absolute atomic E-state index is 0.190. The van der Waals surface area contributed by atoms with E-state index in [2.05, 4.69) is 0 Å². The first-order chi connectivity index (χ1) is 14.0. The third kappa shape index (κ3) is 4.11. The van der Waals surface area contributed by atoms with Crippen LogP contribution in [0.1, 0.15) is 11.1 Å². The molecule has 1 fully saturated rings. The number of benzene rings is 2. The number of aliphatic carboxylic acids is 1. The van der Waals surface area contributed by atoms with Gasteiger partial charge >= 0.3 is 5.97 Å². The maximum Gasteiger partial charge on any atom is 0.327 e. The Morgan fingerprint density at radius 1 is 1.21 bits per heavy atom. The second-order valence-corrected chi connectivity index (χ2v) is 8.32. The van der Waals surface area contributed by atoms with E-state index in [0.29, 0.717) is 11.5 Å². The molecule has 0 spiro atoms. The molecule has 146 valence electrons. The molecule has 2 aromatic rings. The SMILES string of the molecule is O=C(O)[C@H](Cc1ccccc1)N1C(=O)/C(=C\C2=Cc3ccccc3OC2)SC1=S. The number of amides is 1. The first kappa shape index (κ1) is 19.4. The second kappa shape index (κ2) is 8.23. The third-order valence-corrected chi connectivity index (χ3v) is 5.99. The predicted octanol–water partition coefficient (Wildman–Crippen LogP) is 3.90. The van der Waals surface area contributed by atoms with Crippen LogP contribution in [0, 0.1) is 0 Å². The van der Waals surface area contributed by atoms with E-state index < -0.39 is 12.0 Å². The molecular weight excluding hydrogens is 406 g/mol. The number of nitrogens with zero attached hydrogens (tertiary/aromatic N) is 1. The van der Waals surface area contributed by atoms with Gasteiger partial charge in [0, 0.05) is 12.0 Å². The number of hydrogen-bond donors (Lipinski definition) is 1. The number of thiocarbonyl (C=S) groups is 1. The van der Waals surface area contributed by atoms with Gasteiger partial charge in [0.2, 0.25) is 0 Å². The molecule has 5 nitrogen and oxygen atoms in total. The minimum Gasteiger partial charge on any atom is -0.488 e. The average molecular weight is 424 g/mol. The normalized spacial score (nSPS) is 18.3. The lowest BCUT2D eigenvalue weighted by Crippen LogP contribution is -2.45. The topological polar surface area (TPSA) is 66.8 Å². The molecule has 0 aromatic heterocycles. The quantitative estimate of drug-likeness (QED) is 0.581. The number of carboxylic acid groups (broad SMARTS) is 1. The maximum absolute atomic E-state index is 13.0. The van der Waals surface area contributed by atoms with E-state index in [1.54, 1.807) is 6.08 Å². The van der Waals surface area contributed by atoms with Gasteiger partial charge in [0.1, 0.15) is 22.7 Å². The van der Waals surface area contributed by atoms with Gasteiger partial charge in [-0.05, 0) is 29.4 Å². The Morgan fingerprint density at radius 2 is 1.93 bits per heavy atom. The Morgan fingerprint density at radius 3 is 2.69 bits per heavy atom. The molecule has 7 heteroatoms. The molecule has 0 bridgehead atoms. The summed E-state index contributed by atoms with van der Waals surface area (Å²) >= 11 is 6.47. The minimum atomic E-state index is -1.08. The molecule has 2 aliphatic rings. The van der Waals surface area contributed by atoms with Crippen molar-refractivity contribution in [2.75, 3.05) is 6.61 Å². The zero-order valence-electron chi connectivity index (χ0n) is 15.3. The van der Waals surface area contributed by atoms with Crippen molar-refractivity contribution >= 4 is 46.3 Å². The zero-order valence-corrected chi connectivity index (χ0v) is 16.9. The van der Waals surface area contributed by atoms with Gasteiger partial charge in [0.05, 0.1) is 4.91 Å². The van der Waals surface area contributed by atoms with Gasteiger partial charge in [-0.15, -0.1) is 0 Å². The smallest absolute Gasteiger partial charge is 0.327 e. The molecule has 2 heterocycles. The molecule has 1 saturated heterocycles. The number of carboxylic acids is 1. The molecule has 1 N–H and O–H groups in total. The van der Waals surface area contributed by atoms with E-state index in [1.165, 1.54) is 4.90 Å². The Kier molecular flexibility index (Phi) is 5.51. The van der Waals surface area contributed by atoms with Crippen LogP contribution in [-0.2, 0) is 16.0 Å². The molecule has 1 atom stereocenters. The first-order valence-corrected chi connectivity index (χ1v) is 10.2. The highest BCUT2D eigenvalue weighted by Gasteiger charge is 2.40. The molecule has 4 rings (SSSR count). The fourth-order valence-corrected chi connectivity index (χ4v) is 4.63. The molecule has 0 unspecified atom stereocenters. The second-order valence-electron chi connectivity index (χ2n) is 6.64. The van der Waals surface area contributed by atoms with Crippen LogP contribution < -0.4 is 4.74 Å². The summed E-state index contributed by atoms with van der Waals surface area (Å²) in [6.45, 7) is 0.341. The van der Waals surface area contributed by atoms with E-state index in [-0.39, 0.29) is 16.6 Å². The van der Waals surface area contributed by atoms with Crippen molar-refractivity contribution in [3.05, 3.63) is 82.3 Å². The van der Waals surface area contributed by atoms with E-state index in [4.69, 9.17) is 17.0 Å².